The van der Waals surface area contributed by atoms with E-state index in [1.807, 2.05) is 0 Å². The Morgan fingerprint density at radius 2 is 0.860 bits per heavy atom. The van der Waals surface area contributed by atoms with Gasteiger partial charge in [-0.2, -0.15) is 26.3 Å². The van der Waals surface area contributed by atoms with Crippen LogP contribution in [0.3, 0.4) is 0 Å². The lowest BCUT2D eigenvalue weighted by Gasteiger charge is -2.08. The van der Waals surface area contributed by atoms with Gasteiger partial charge in [0, 0.05) is 0 Å². The van der Waals surface area contributed by atoms with Crippen molar-refractivity contribution in [2.75, 3.05) is 0 Å². The molecule has 0 fully saturated rings. The molecule has 0 aliphatic heterocycles. The van der Waals surface area contributed by atoms with Gasteiger partial charge in [-0.05, 0) is 84.9 Å². The summed E-state index contributed by atoms with van der Waals surface area (Å²) in [5.41, 5.74) is 0.336. The molecule has 0 saturated heterocycles. The average Bonchev–Trinajstić information content (AvgIpc) is 2.90. The first kappa shape index (κ1) is 33.8. The van der Waals surface area contributed by atoms with E-state index in [-0.39, 0.29) is 22.6 Å². The Kier molecular flexibility index (Phi) is 11.8. The van der Waals surface area contributed by atoms with Crippen molar-refractivity contribution < 1.29 is 65.8 Å². The molecular weight excluding hydrogens is 590 g/mol. The van der Waals surface area contributed by atoms with Crippen molar-refractivity contribution in [1.29, 1.82) is 0 Å². The van der Waals surface area contributed by atoms with Gasteiger partial charge in [-0.25, -0.2) is 9.59 Å². The summed E-state index contributed by atoms with van der Waals surface area (Å²) in [7, 11) is 0. The van der Waals surface area contributed by atoms with Gasteiger partial charge in [-0.3, -0.25) is 0 Å². The van der Waals surface area contributed by atoms with Crippen molar-refractivity contribution in [3.63, 3.8) is 0 Å². The normalized spacial score (nSPS) is 10.7. The maximum atomic E-state index is 10.8. The quantitative estimate of drug-likeness (QED) is 0.160. The van der Waals surface area contributed by atoms with Crippen LogP contribution < -0.4 is 9.47 Å². The van der Waals surface area contributed by atoms with Crippen LogP contribution >= 0.6 is 0 Å². The largest absolute Gasteiger partial charge is 0.508 e. The predicted octanol–water partition coefficient (Wildman–Crippen LogP) is 8.27. The Balaban J connectivity index is 0.000000238. The highest BCUT2D eigenvalue weighted by molar-refractivity contribution is 5.88. The van der Waals surface area contributed by atoms with Gasteiger partial charge >= 0.3 is 24.3 Å². The van der Waals surface area contributed by atoms with Gasteiger partial charge in [-0.15, -0.1) is 0 Å². The Morgan fingerprint density at radius 3 is 1.12 bits per heavy atom. The molecule has 0 unspecified atom stereocenters. The van der Waals surface area contributed by atoms with Crippen molar-refractivity contribution in [2.24, 2.45) is 0 Å². The summed E-state index contributed by atoms with van der Waals surface area (Å²) in [6.45, 7) is 0. The standard InChI is InChI=1S/2C13H10O4.C3H2F6/c2*14-10-4-6-11(7-5-10)17-12-3-1-2-9(8-12)13(15)16;4-2(5,6)1-3(7,8)9/h2*1-8,14H,(H,15,16);1H2. The van der Waals surface area contributed by atoms with Gasteiger partial charge in [-0.1, -0.05) is 12.1 Å². The van der Waals surface area contributed by atoms with Gasteiger partial charge in [0.05, 0.1) is 11.1 Å². The second-order valence-electron chi connectivity index (χ2n) is 8.27. The smallest absolute Gasteiger partial charge is 0.397 e. The fourth-order valence-corrected chi connectivity index (χ4v) is 2.91. The van der Waals surface area contributed by atoms with E-state index in [0.29, 0.717) is 23.0 Å². The Morgan fingerprint density at radius 1 is 0.535 bits per heavy atom. The molecule has 0 aromatic heterocycles. The molecule has 0 amide bonds. The number of carboxylic acids is 2. The van der Waals surface area contributed by atoms with Crippen molar-refractivity contribution >= 4 is 11.9 Å². The molecule has 0 heterocycles. The number of phenols is 2. The van der Waals surface area contributed by atoms with E-state index in [9.17, 15) is 35.9 Å². The molecule has 0 radical (unpaired) electrons. The van der Waals surface area contributed by atoms with Crippen LogP contribution in [-0.4, -0.2) is 44.7 Å². The molecule has 0 bridgehead atoms. The minimum absolute atomic E-state index is 0.150. The first-order valence-corrected chi connectivity index (χ1v) is 11.7. The number of benzene rings is 4. The molecule has 43 heavy (non-hydrogen) atoms. The number of ether oxygens (including phenoxy) is 2. The molecule has 4 N–H and O–H groups in total. The molecule has 4 aromatic carbocycles. The van der Waals surface area contributed by atoms with Gasteiger partial charge in [0.1, 0.15) is 40.9 Å². The number of aromatic hydroxyl groups is 2. The molecule has 0 atom stereocenters. The number of alkyl halides is 6. The number of carbonyl (C=O) groups is 2. The van der Waals surface area contributed by atoms with Gasteiger partial charge in [0.25, 0.3) is 0 Å². The Hall–Kier alpha value is -5.40. The molecular formula is C29H22F6O8. The van der Waals surface area contributed by atoms with Crippen LogP contribution in [-0.2, 0) is 0 Å². The van der Waals surface area contributed by atoms with Crippen molar-refractivity contribution in [1.82, 2.24) is 0 Å². The van der Waals surface area contributed by atoms with Crippen LogP contribution in [0, 0.1) is 0 Å². The van der Waals surface area contributed by atoms with Crippen LogP contribution in [0.15, 0.2) is 97.1 Å². The van der Waals surface area contributed by atoms with Crippen molar-refractivity contribution in [2.45, 2.75) is 18.8 Å². The van der Waals surface area contributed by atoms with Crippen LogP contribution in [0.25, 0.3) is 0 Å². The monoisotopic (exact) mass is 612 g/mol. The molecule has 4 rings (SSSR count). The summed E-state index contributed by atoms with van der Waals surface area (Å²) in [4.78, 5) is 21.5. The van der Waals surface area contributed by atoms with E-state index in [0.717, 1.165) is 0 Å². The molecule has 0 aliphatic carbocycles. The highest BCUT2D eigenvalue weighted by Gasteiger charge is 2.43. The van der Waals surface area contributed by atoms with Crippen LogP contribution in [0.5, 0.6) is 34.5 Å². The molecule has 8 nitrogen and oxygen atoms in total. The van der Waals surface area contributed by atoms with Crippen LogP contribution in [0.4, 0.5) is 26.3 Å². The van der Waals surface area contributed by atoms with E-state index in [1.54, 1.807) is 48.5 Å². The summed E-state index contributed by atoms with van der Waals surface area (Å²) >= 11 is 0. The molecule has 228 valence electrons. The van der Waals surface area contributed by atoms with Crippen LogP contribution in [0.2, 0.25) is 0 Å². The summed E-state index contributed by atoms with van der Waals surface area (Å²) in [6.07, 6.45) is -13.0. The van der Waals surface area contributed by atoms with E-state index in [4.69, 9.17) is 29.9 Å². The molecule has 4 aromatic rings. The summed E-state index contributed by atoms with van der Waals surface area (Å²) in [6, 6.07) is 24.8. The van der Waals surface area contributed by atoms with E-state index >= 15 is 0 Å². The van der Waals surface area contributed by atoms with E-state index in [2.05, 4.69) is 0 Å². The third kappa shape index (κ3) is 13.7. The number of aromatic carboxylic acids is 2. The number of carboxylic acid groups (broad SMARTS) is 2. The summed E-state index contributed by atoms with van der Waals surface area (Å²) in [5.74, 6) is 0.248. The zero-order valence-corrected chi connectivity index (χ0v) is 21.6. The summed E-state index contributed by atoms with van der Waals surface area (Å²) < 4.78 is 75.9. The lowest BCUT2D eigenvalue weighted by atomic mass is 10.2. The lowest BCUT2D eigenvalue weighted by Crippen LogP contribution is -2.20. The Labute approximate surface area is 239 Å². The zero-order valence-electron chi connectivity index (χ0n) is 21.6. The van der Waals surface area contributed by atoms with Crippen LogP contribution in [0.1, 0.15) is 27.1 Å². The molecule has 0 aliphatic rings. The highest BCUT2D eigenvalue weighted by Crippen LogP contribution is 2.32. The van der Waals surface area contributed by atoms with E-state index < -0.39 is 30.7 Å². The summed E-state index contributed by atoms with van der Waals surface area (Å²) in [5, 5.41) is 35.9. The molecule has 14 heteroatoms. The minimum Gasteiger partial charge on any atom is -0.508 e. The number of phenolic OH excluding ortho intramolecular Hbond substituents is 2. The van der Waals surface area contributed by atoms with Crippen molar-refractivity contribution in [3.05, 3.63) is 108 Å². The number of halogens is 6. The maximum Gasteiger partial charge on any atom is 0.397 e. The fourth-order valence-electron chi connectivity index (χ4n) is 2.91. The van der Waals surface area contributed by atoms with Gasteiger partial charge in [0.15, 0.2) is 0 Å². The second kappa shape index (κ2) is 15.0. The number of hydrogen-bond donors (Lipinski definition) is 4. The number of hydrogen-bond acceptors (Lipinski definition) is 6. The number of rotatable bonds is 6. The van der Waals surface area contributed by atoms with E-state index in [1.165, 1.54) is 48.5 Å². The third-order valence-corrected chi connectivity index (χ3v) is 4.71. The lowest BCUT2D eigenvalue weighted by molar-refractivity contribution is -0.232. The molecule has 0 spiro atoms. The third-order valence-electron chi connectivity index (χ3n) is 4.71. The maximum absolute atomic E-state index is 10.8. The van der Waals surface area contributed by atoms with Gasteiger partial charge < -0.3 is 29.9 Å². The fraction of sp³-hybridized carbons (Fsp3) is 0.103. The average molecular weight is 612 g/mol. The predicted molar refractivity (Wildman–Crippen MR) is 140 cm³/mol. The second-order valence-corrected chi connectivity index (χ2v) is 8.27. The van der Waals surface area contributed by atoms with Crippen molar-refractivity contribution in [3.8, 4) is 34.5 Å². The first-order valence-electron chi connectivity index (χ1n) is 11.7. The minimum atomic E-state index is -5.14. The SMILES string of the molecule is FC(F)(F)CC(F)(F)F.O=C(O)c1cccc(Oc2ccc(O)cc2)c1.O=C(O)c1cccc(Oc2ccc(O)cc2)c1. The van der Waals surface area contributed by atoms with Gasteiger partial charge in [0.2, 0.25) is 0 Å². The Bertz CT molecular complexity index is 1370. The molecule has 0 saturated carbocycles. The topological polar surface area (TPSA) is 134 Å². The highest BCUT2D eigenvalue weighted by atomic mass is 19.4. The zero-order chi connectivity index (χ0) is 32.2. The first-order chi connectivity index (χ1) is 20.0.